The lowest BCUT2D eigenvalue weighted by molar-refractivity contribution is -0.135. The quantitative estimate of drug-likeness (QED) is 0.501. The van der Waals surface area contributed by atoms with Gasteiger partial charge in [-0.15, -0.1) is 0 Å². The molecule has 0 aromatic carbocycles. The molecule has 0 bridgehead atoms. The minimum Gasteiger partial charge on any atom is -0.502 e. The Balaban J connectivity index is 2.23. The second kappa shape index (κ2) is 6.12. The number of thiophene rings is 1. The average Bonchev–Trinajstić information content (AvgIpc) is 2.88. The van der Waals surface area contributed by atoms with Gasteiger partial charge < -0.3 is 10.2 Å². The number of allylic oxidation sites excluding steroid dienone is 1. The van der Waals surface area contributed by atoms with E-state index < -0.39 is 17.5 Å². The number of carbonyl (C=O) groups is 2. The highest BCUT2D eigenvalue weighted by atomic mass is 32.1. The van der Waals surface area contributed by atoms with Crippen LogP contribution in [0.15, 0.2) is 47.0 Å². The van der Waals surface area contributed by atoms with Crippen LogP contribution in [0, 0.1) is 0 Å². The molecule has 2 aromatic heterocycles. The van der Waals surface area contributed by atoms with Crippen LogP contribution in [0.25, 0.3) is 0 Å². The third-order valence-electron chi connectivity index (χ3n) is 2.59. The van der Waals surface area contributed by atoms with Crippen LogP contribution in [-0.2, 0) is 11.2 Å². The molecule has 5 nitrogen and oxygen atoms in total. The number of aromatic nitrogens is 1. The SMILES string of the molecule is O=C(O)C(O)=CC(=O)c1cscc1Cc1ccccn1. The lowest BCUT2D eigenvalue weighted by Crippen LogP contribution is -2.05. The first kappa shape index (κ1) is 14.0. The molecule has 2 heterocycles. The summed E-state index contributed by atoms with van der Waals surface area (Å²) in [4.78, 5) is 26.6. The van der Waals surface area contributed by atoms with Crippen LogP contribution in [0.3, 0.4) is 0 Å². The van der Waals surface area contributed by atoms with Crippen LogP contribution in [0.4, 0.5) is 0 Å². The topological polar surface area (TPSA) is 87.5 Å². The predicted molar refractivity (Wildman–Crippen MR) is 74.0 cm³/mol. The number of rotatable bonds is 5. The summed E-state index contributed by atoms with van der Waals surface area (Å²) >= 11 is 1.34. The third-order valence-corrected chi connectivity index (χ3v) is 3.38. The van der Waals surface area contributed by atoms with Gasteiger partial charge in [0.25, 0.3) is 0 Å². The lowest BCUT2D eigenvalue weighted by atomic mass is 10.0. The monoisotopic (exact) mass is 289 g/mol. The van der Waals surface area contributed by atoms with E-state index in [1.165, 1.54) is 11.3 Å². The molecule has 102 valence electrons. The number of carboxylic acids is 1. The Morgan fingerprint density at radius 3 is 2.70 bits per heavy atom. The Bertz CT molecular complexity index is 661. The minimum atomic E-state index is -1.53. The summed E-state index contributed by atoms with van der Waals surface area (Å²) in [6.45, 7) is 0. The zero-order valence-corrected chi connectivity index (χ0v) is 11.1. The first-order chi connectivity index (χ1) is 9.58. The highest BCUT2D eigenvalue weighted by molar-refractivity contribution is 7.08. The molecule has 0 spiro atoms. The van der Waals surface area contributed by atoms with Crippen molar-refractivity contribution in [3.05, 3.63) is 63.8 Å². The molecule has 2 N–H and O–H groups in total. The van der Waals surface area contributed by atoms with Gasteiger partial charge in [-0.05, 0) is 23.1 Å². The largest absolute Gasteiger partial charge is 0.502 e. The van der Waals surface area contributed by atoms with E-state index >= 15 is 0 Å². The van der Waals surface area contributed by atoms with E-state index in [-0.39, 0.29) is 0 Å². The number of hydrogen-bond donors (Lipinski definition) is 2. The number of hydrogen-bond acceptors (Lipinski definition) is 5. The van der Waals surface area contributed by atoms with Crippen LogP contribution >= 0.6 is 11.3 Å². The molecule has 2 rings (SSSR count). The van der Waals surface area contributed by atoms with E-state index in [2.05, 4.69) is 4.98 Å². The maximum absolute atomic E-state index is 11.9. The fraction of sp³-hybridized carbons (Fsp3) is 0.0714. The summed E-state index contributed by atoms with van der Waals surface area (Å²) in [5, 5.41) is 21.1. The Hall–Kier alpha value is -2.47. The molecule has 0 aliphatic heterocycles. The molecule has 0 atom stereocenters. The van der Waals surface area contributed by atoms with Crippen molar-refractivity contribution in [2.45, 2.75) is 6.42 Å². The zero-order valence-electron chi connectivity index (χ0n) is 10.3. The van der Waals surface area contributed by atoms with Crippen LogP contribution < -0.4 is 0 Å². The number of carbonyl (C=O) groups excluding carboxylic acids is 1. The summed E-state index contributed by atoms with van der Waals surface area (Å²) in [5.41, 5.74) is 1.95. The summed E-state index contributed by atoms with van der Waals surface area (Å²) in [6, 6.07) is 5.50. The molecule has 20 heavy (non-hydrogen) atoms. The number of pyridine rings is 1. The van der Waals surface area contributed by atoms with Crippen LogP contribution in [-0.4, -0.2) is 26.9 Å². The van der Waals surface area contributed by atoms with Crippen molar-refractivity contribution in [3.63, 3.8) is 0 Å². The predicted octanol–water partition coefficient (Wildman–Crippen LogP) is 2.44. The van der Waals surface area contributed by atoms with Crippen molar-refractivity contribution in [2.24, 2.45) is 0 Å². The van der Waals surface area contributed by atoms with Gasteiger partial charge in [0.1, 0.15) is 0 Å². The molecule has 6 heteroatoms. The highest BCUT2D eigenvalue weighted by Crippen LogP contribution is 2.19. The number of carboxylic acid groups (broad SMARTS) is 1. The van der Waals surface area contributed by atoms with E-state index in [4.69, 9.17) is 10.2 Å². The molecule has 0 fully saturated rings. The molecule has 0 aliphatic carbocycles. The number of nitrogens with zero attached hydrogens (tertiary/aromatic N) is 1. The molecular formula is C14H11NO4S. The molecule has 0 saturated carbocycles. The first-order valence-electron chi connectivity index (χ1n) is 5.71. The van der Waals surface area contributed by atoms with Crippen molar-refractivity contribution >= 4 is 23.1 Å². The molecule has 0 amide bonds. The molecule has 0 aliphatic rings. The van der Waals surface area contributed by atoms with E-state index in [0.29, 0.717) is 18.1 Å². The summed E-state index contributed by atoms with van der Waals surface area (Å²) in [7, 11) is 0. The standard InChI is InChI=1S/C14H11NO4S/c16-12(6-13(17)14(18)19)11-8-20-7-9(11)5-10-3-1-2-4-15-10/h1-4,6-8,17H,5H2,(H,18,19). The second-order valence-corrected chi connectivity index (χ2v) is 4.75. The highest BCUT2D eigenvalue weighted by Gasteiger charge is 2.14. The third kappa shape index (κ3) is 3.30. The van der Waals surface area contributed by atoms with E-state index in [1.54, 1.807) is 17.6 Å². The Labute approximate surface area is 118 Å². The van der Waals surface area contributed by atoms with E-state index in [9.17, 15) is 9.59 Å². The molecule has 0 saturated heterocycles. The summed E-state index contributed by atoms with van der Waals surface area (Å²) < 4.78 is 0. The molecule has 0 radical (unpaired) electrons. The van der Waals surface area contributed by atoms with Crippen LogP contribution in [0.5, 0.6) is 0 Å². The fourth-order valence-corrected chi connectivity index (χ4v) is 2.48. The average molecular weight is 289 g/mol. The van der Waals surface area contributed by atoms with Gasteiger partial charge in [-0.2, -0.15) is 11.3 Å². The van der Waals surface area contributed by atoms with Crippen LogP contribution in [0.2, 0.25) is 0 Å². The number of aliphatic carboxylic acids is 1. The fourth-order valence-electron chi connectivity index (χ4n) is 1.64. The van der Waals surface area contributed by atoms with Gasteiger partial charge in [-0.25, -0.2) is 4.79 Å². The van der Waals surface area contributed by atoms with E-state index in [0.717, 1.165) is 11.3 Å². The van der Waals surface area contributed by atoms with Gasteiger partial charge >= 0.3 is 5.97 Å². The van der Waals surface area contributed by atoms with Gasteiger partial charge in [-0.1, -0.05) is 6.07 Å². The maximum Gasteiger partial charge on any atom is 0.371 e. The Morgan fingerprint density at radius 1 is 1.25 bits per heavy atom. The first-order valence-corrected chi connectivity index (χ1v) is 6.65. The lowest BCUT2D eigenvalue weighted by Gasteiger charge is -2.01. The Kier molecular flexibility index (Phi) is 4.27. The Morgan fingerprint density at radius 2 is 2.05 bits per heavy atom. The van der Waals surface area contributed by atoms with Gasteiger partial charge in [-0.3, -0.25) is 9.78 Å². The van der Waals surface area contributed by atoms with Gasteiger partial charge in [0.2, 0.25) is 5.76 Å². The number of aliphatic hydroxyl groups excluding tert-OH is 1. The summed E-state index contributed by atoms with van der Waals surface area (Å²) in [5.74, 6) is -3.03. The van der Waals surface area contributed by atoms with Gasteiger partial charge in [0.05, 0.1) is 0 Å². The van der Waals surface area contributed by atoms with Crippen molar-refractivity contribution in [1.82, 2.24) is 4.98 Å². The van der Waals surface area contributed by atoms with Gasteiger partial charge in [0.15, 0.2) is 5.78 Å². The van der Waals surface area contributed by atoms with Crippen molar-refractivity contribution in [3.8, 4) is 0 Å². The smallest absolute Gasteiger partial charge is 0.371 e. The van der Waals surface area contributed by atoms with Crippen molar-refractivity contribution in [1.29, 1.82) is 0 Å². The number of aliphatic hydroxyl groups is 1. The minimum absolute atomic E-state index is 0.383. The summed E-state index contributed by atoms with van der Waals surface area (Å²) in [6.07, 6.45) is 2.86. The van der Waals surface area contributed by atoms with Crippen molar-refractivity contribution < 1.29 is 19.8 Å². The normalized spacial score (nSPS) is 11.3. The van der Waals surface area contributed by atoms with E-state index in [1.807, 2.05) is 17.5 Å². The molecule has 2 aromatic rings. The maximum atomic E-state index is 11.9. The zero-order chi connectivity index (χ0) is 14.5. The molecule has 0 unspecified atom stereocenters. The van der Waals surface area contributed by atoms with Gasteiger partial charge in [0, 0.05) is 35.3 Å². The molecular weight excluding hydrogens is 278 g/mol. The number of ketones is 1. The van der Waals surface area contributed by atoms with Crippen LogP contribution in [0.1, 0.15) is 21.6 Å². The second-order valence-electron chi connectivity index (χ2n) is 4.01. The van der Waals surface area contributed by atoms with Crippen molar-refractivity contribution in [2.75, 3.05) is 0 Å².